The molecule has 0 nitrogen and oxygen atoms in total. The molecule has 3 aromatic rings. The fourth-order valence-corrected chi connectivity index (χ4v) is 7.89. The van der Waals surface area contributed by atoms with Crippen molar-refractivity contribution in [1.29, 1.82) is 0 Å². The quantitative estimate of drug-likeness (QED) is 0.530. The molecule has 0 atom stereocenters. The van der Waals surface area contributed by atoms with Crippen LogP contribution in [0.15, 0.2) is 72.8 Å². The molecule has 0 saturated carbocycles. The zero-order chi connectivity index (χ0) is 17.2. The van der Waals surface area contributed by atoms with Crippen molar-refractivity contribution < 1.29 is 0 Å². The molecular weight excluding hydrogens is 331 g/mol. The van der Waals surface area contributed by atoms with Gasteiger partial charge in [-0.15, -0.1) is 0 Å². The summed E-state index contributed by atoms with van der Waals surface area (Å²) in [5.74, 6) is 0. The summed E-state index contributed by atoms with van der Waals surface area (Å²) in [5.41, 5.74) is 5.40. The van der Waals surface area contributed by atoms with Gasteiger partial charge in [0.25, 0.3) is 0 Å². The monoisotopic (exact) mass is 354 g/mol. The van der Waals surface area contributed by atoms with Gasteiger partial charge in [0.2, 0.25) is 0 Å². The van der Waals surface area contributed by atoms with Crippen LogP contribution in [-0.2, 0) is 6.16 Å². The molecule has 0 aliphatic rings. The topological polar surface area (TPSA) is 0 Å². The van der Waals surface area contributed by atoms with Crippen LogP contribution in [0.1, 0.15) is 22.3 Å². The zero-order valence-electron chi connectivity index (χ0n) is 14.5. The second-order valence-electron chi connectivity index (χ2n) is 6.59. The first-order valence-corrected chi connectivity index (χ1v) is 11.6. The van der Waals surface area contributed by atoms with Gasteiger partial charge in [0, 0.05) is 0 Å². The average molecular weight is 355 g/mol. The predicted octanol–water partition coefficient (Wildman–Crippen LogP) is 5.67. The summed E-state index contributed by atoms with van der Waals surface area (Å²) < 4.78 is 0. The Labute approximate surface area is 150 Å². The Balaban J connectivity index is 2.14. The Morgan fingerprint density at radius 2 is 1.12 bits per heavy atom. The van der Waals surface area contributed by atoms with Crippen molar-refractivity contribution in [2.45, 2.75) is 26.9 Å². The van der Waals surface area contributed by atoms with Gasteiger partial charge in [-0.3, -0.25) is 0 Å². The van der Waals surface area contributed by atoms with Gasteiger partial charge in [0.1, 0.15) is 0 Å². The summed E-state index contributed by atoms with van der Waals surface area (Å²) in [7, 11) is 0. The molecule has 0 aliphatic heterocycles. The second kappa shape index (κ2) is 7.09. The fraction of sp³-hybridized carbons (Fsp3) is 0.182. The molecule has 2 heteroatoms. The van der Waals surface area contributed by atoms with E-state index in [1.54, 1.807) is 0 Å². The van der Waals surface area contributed by atoms with Gasteiger partial charge >= 0.3 is 150 Å². The molecule has 0 N–H and O–H groups in total. The summed E-state index contributed by atoms with van der Waals surface area (Å²) in [5, 5.41) is 2.55. The van der Waals surface area contributed by atoms with Crippen molar-refractivity contribution in [3.63, 3.8) is 0 Å². The standard InChI is InChI=1S/C22H24ClP/c1-17-14-18(2)22(19(3)15-17)16-24(23,20-10-6-4-7-11-20)21-12-8-5-9-13-21/h4-15,24H,16H2,1-3H3. The van der Waals surface area contributed by atoms with Crippen LogP contribution in [0.4, 0.5) is 0 Å². The molecule has 24 heavy (non-hydrogen) atoms. The molecular formula is C22H24ClP. The Bertz CT molecular complexity index is 763. The summed E-state index contributed by atoms with van der Waals surface area (Å²) >= 11 is 7.45. The van der Waals surface area contributed by atoms with E-state index in [9.17, 15) is 0 Å². The molecule has 0 fully saturated rings. The van der Waals surface area contributed by atoms with Crippen molar-refractivity contribution in [3.05, 3.63) is 95.1 Å². The van der Waals surface area contributed by atoms with E-state index >= 15 is 0 Å². The number of aryl methyl sites for hydroxylation is 3. The SMILES string of the molecule is Cc1cc(C)c(C[PH](Cl)(c2ccccc2)c2ccccc2)c(C)c1. The van der Waals surface area contributed by atoms with E-state index in [1.807, 2.05) is 0 Å². The number of halogens is 1. The van der Waals surface area contributed by atoms with Crippen molar-refractivity contribution in [1.82, 2.24) is 0 Å². The fourth-order valence-electron chi connectivity index (χ4n) is 3.51. The Hall–Kier alpha value is -1.62. The summed E-state index contributed by atoms with van der Waals surface area (Å²) in [6, 6.07) is 25.8. The molecule has 0 aromatic heterocycles. The van der Waals surface area contributed by atoms with Gasteiger partial charge in [-0.05, 0) is 0 Å². The molecule has 0 aliphatic carbocycles. The molecule has 0 bridgehead atoms. The molecule has 0 amide bonds. The van der Waals surface area contributed by atoms with E-state index in [-0.39, 0.29) is 0 Å². The molecule has 0 radical (unpaired) electrons. The van der Waals surface area contributed by atoms with Crippen LogP contribution in [0.3, 0.4) is 0 Å². The maximum absolute atomic E-state index is 7.45. The predicted molar refractivity (Wildman–Crippen MR) is 111 cm³/mol. The zero-order valence-corrected chi connectivity index (χ0v) is 16.3. The Kier molecular flexibility index (Phi) is 5.09. The Morgan fingerprint density at radius 1 is 0.708 bits per heavy atom. The molecule has 0 unspecified atom stereocenters. The van der Waals surface area contributed by atoms with Crippen molar-refractivity contribution in [2.75, 3.05) is 0 Å². The summed E-state index contributed by atoms with van der Waals surface area (Å²) in [6.45, 7) is 4.22. The molecule has 124 valence electrons. The number of hydrogen-bond acceptors (Lipinski definition) is 0. The van der Waals surface area contributed by atoms with Crippen LogP contribution in [-0.4, -0.2) is 0 Å². The van der Waals surface area contributed by atoms with Crippen LogP contribution in [0, 0.1) is 20.8 Å². The van der Waals surface area contributed by atoms with Crippen LogP contribution in [0.25, 0.3) is 0 Å². The van der Waals surface area contributed by atoms with Gasteiger partial charge in [-0.1, -0.05) is 0 Å². The van der Waals surface area contributed by atoms with Crippen molar-refractivity contribution in [2.24, 2.45) is 0 Å². The maximum atomic E-state index is 7.45. The van der Waals surface area contributed by atoms with Crippen LogP contribution < -0.4 is 10.6 Å². The van der Waals surface area contributed by atoms with Crippen LogP contribution >= 0.6 is 17.9 Å². The minimum atomic E-state index is -2.35. The molecule has 0 heterocycles. The molecule has 3 rings (SSSR count). The van der Waals surface area contributed by atoms with E-state index in [2.05, 4.69) is 93.6 Å². The third kappa shape index (κ3) is 3.41. The first kappa shape index (κ1) is 17.2. The van der Waals surface area contributed by atoms with Gasteiger partial charge in [0.15, 0.2) is 0 Å². The summed E-state index contributed by atoms with van der Waals surface area (Å²) in [4.78, 5) is 0. The molecule has 0 saturated heterocycles. The second-order valence-corrected chi connectivity index (χ2v) is 11.6. The minimum absolute atomic E-state index is 0.917. The van der Waals surface area contributed by atoms with E-state index < -0.39 is 6.62 Å². The third-order valence-corrected chi connectivity index (χ3v) is 9.77. The van der Waals surface area contributed by atoms with Gasteiger partial charge in [-0.25, -0.2) is 0 Å². The number of rotatable bonds is 4. The van der Waals surface area contributed by atoms with E-state index in [4.69, 9.17) is 11.2 Å². The molecule has 3 aromatic carbocycles. The van der Waals surface area contributed by atoms with Crippen LogP contribution in [0.5, 0.6) is 0 Å². The first-order valence-electron chi connectivity index (χ1n) is 8.37. The van der Waals surface area contributed by atoms with E-state index in [0.29, 0.717) is 0 Å². The van der Waals surface area contributed by atoms with E-state index in [0.717, 1.165) is 6.16 Å². The van der Waals surface area contributed by atoms with Gasteiger partial charge in [0.05, 0.1) is 0 Å². The van der Waals surface area contributed by atoms with Crippen LogP contribution in [0.2, 0.25) is 0 Å². The molecule has 0 spiro atoms. The normalized spacial score (nSPS) is 12.2. The van der Waals surface area contributed by atoms with E-state index in [1.165, 1.54) is 32.9 Å². The third-order valence-electron chi connectivity index (χ3n) is 4.72. The number of hydrogen-bond donors (Lipinski definition) is 0. The number of benzene rings is 3. The van der Waals surface area contributed by atoms with Gasteiger partial charge < -0.3 is 0 Å². The van der Waals surface area contributed by atoms with Gasteiger partial charge in [-0.2, -0.15) is 0 Å². The Morgan fingerprint density at radius 3 is 1.54 bits per heavy atom. The average Bonchev–Trinajstić information content (AvgIpc) is 2.59. The van der Waals surface area contributed by atoms with Crippen molar-refractivity contribution >= 4 is 28.5 Å². The first-order chi connectivity index (χ1) is 11.5. The summed E-state index contributed by atoms with van der Waals surface area (Å²) in [6.07, 6.45) is 0.917. The van der Waals surface area contributed by atoms with Crippen molar-refractivity contribution in [3.8, 4) is 0 Å².